The molecule has 1 aromatic rings. The highest BCUT2D eigenvalue weighted by molar-refractivity contribution is 5.37. The topological polar surface area (TPSA) is 44.7 Å². The van der Waals surface area contributed by atoms with E-state index in [2.05, 4.69) is 17.1 Å². The van der Waals surface area contributed by atoms with Crippen LogP contribution in [0.25, 0.3) is 0 Å². The Hall–Kier alpha value is -1.10. The van der Waals surface area contributed by atoms with Crippen molar-refractivity contribution >= 4 is 0 Å². The van der Waals surface area contributed by atoms with Crippen LogP contribution in [0.15, 0.2) is 18.2 Å². The molecule has 0 saturated carbocycles. The van der Waals surface area contributed by atoms with Crippen molar-refractivity contribution in [1.82, 2.24) is 10.2 Å². The first-order valence-electron chi connectivity index (χ1n) is 7.20. The fraction of sp³-hybridized carbons (Fsp3) is 0.625. The first-order valence-corrected chi connectivity index (χ1v) is 7.20. The zero-order valence-electron chi connectivity index (χ0n) is 13.3. The zero-order valence-corrected chi connectivity index (χ0v) is 13.3. The third-order valence-electron chi connectivity index (χ3n) is 3.55. The van der Waals surface area contributed by atoms with Crippen molar-refractivity contribution in [2.75, 3.05) is 34.3 Å². The van der Waals surface area contributed by atoms with Crippen molar-refractivity contribution in [3.05, 3.63) is 29.3 Å². The standard InChI is InChI=1S/C16H28N2O2/c1-6-14(17-9-10-18(3)4)16(19)13-7-8-15(20-5)12(2)11-13/h7-8,11,14,16-17,19H,6,9-10H2,1-5H3. The lowest BCUT2D eigenvalue weighted by molar-refractivity contribution is 0.124. The number of hydrogen-bond donors (Lipinski definition) is 2. The molecule has 0 aliphatic rings. The van der Waals surface area contributed by atoms with Gasteiger partial charge in [0.15, 0.2) is 0 Å². The Bertz CT molecular complexity index is 407. The number of nitrogens with one attached hydrogen (secondary N) is 1. The molecule has 1 aromatic carbocycles. The lowest BCUT2D eigenvalue weighted by Crippen LogP contribution is -2.38. The van der Waals surface area contributed by atoms with Crippen LogP contribution in [0.1, 0.15) is 30.6 Å². The number of likely N-dealkylation sites (N-methyl/N-ethyl adjacent to an activating group) is 1. The van der Waals surface area contributed by atoms with E-state index in [1.165, 1.54) is 0 Å². The monoisotopic (exact) mass is 280 g/mol. The second kappa shape index (κ2) is 8.25. The first kappa shape index (κ1) is 17.0. The number of methoxy groups -OCH3 is 1. The summed E-state index contributed by atoms with van der Waals surface area (Å²) in [5.41, 5.74) is 1.99. The summed E-state index contributed by atoms with van der Waals surface area (Å²) < 4.78 is 5.25. The number of hydrogen-bond acceptors (Lipinski definition) is 4. The molecule has 0 fully saturated rings. The van der Waals surface area contributed by atoms with E-state index in [9.17, 15) is 5.11 Å². The molecule has 0 aliphatic carbocycles. The van der Waals surface area contributed by atoms with Gasteiger partial charge in [0.1, 0.15) is 5.75 Å². The third kappa shape index (κ3) is 4.78. The van der Waals surface area contributed by atoms with Gasteiger partial charge < -0.3 is 20.1 Å². The summed E-state index contributed by atoms with van der Waals surface area (Å²) in [4.78, 5) is 2.13. The summed E-state index contributed by atoms with van der Waals surface area (Å²) >= 11 is 0. The molecular formula is C16H28N2O2. The molecule has 0 bridgehead atoms. The van der Waals surface area contributed by atoms with E-state index in [4.69, 9.17) is 4.74 Å². The van der Waals surface area contributed by atoms with Crippen molar-refractivity contribution in [3.63, 3.8) is 0 Å². The summed E-state index contributed by atoms with van der Waals surface area (Å²) in [6.07, 6.45) is 0.395. The number of ether oxygens (including phenoxy) is 1. The molecule has 20 heavy (non-hydrogen) atoms. The van der Waals surface area contributed by atoms with Crippen molar-refractivity contribution in [3.8, 4) is 5.75 Å². The first-order chi connectivity index (χ1) is 9.49. The predicted octanol–water partition coefficient (Wildman–Crippen LogP) is 1.97. The van der Waals surface area contributed by atoms with Crippen LogP contribution in [0.5, 0.6) is 5.75 Å². The maximum Gasteiger partial charge on any atom is 0.121 e. The van der Waals surface area contributed by atoms with E-state index in [1.807, 2.05) is 39.2 Å². The van der Waals surface area contributed by atoms with E-state index in [-0.39, 0.29) is 6.04 Å². The normalized spacial score (nSPS) is 14.3. The minimum Gasteiger partial charge on any atom is -0.496 e. The Labute approximate surface area is 122 Å². The molecule has 1 rings (SSSR count). The van der Waals surface area contributed by atoms with E-state index in [0.29, 0.717) is 0 Å². The SMILES string of the molecule is CCC(NCCN(C)C)C(O)c1ccc(OC)c(C)c1. The van der Waals surface area contributed by atoms with Crippen molar-refractivity contribution in [2.45, 2.75) is 32.4 Å². The third-order valence-corrected chi connectivity index (χ3v) is 3.55. The summed E-state index contributed by atoms with van der Waals surface area (Å²) in [6, 6.07) is 5.93. The average molecular weight is 280 g/mol. The number of benzene rings is 1. The fourth-order valence-corrected chi connectivity index (χ4v) is 2.27. The molecule has 4 heteroatoms. The quantitative estimate of drug-likeness (QED) is 0.764. The maximum absolute atomic E-state index is 10.5. The molecule has 114 valence electrons. The number of aliphatic hydroxyl groups excluding tert-OH is 1. The summed E-state index contributed by atoms with van der Waals surface area (Å²) in [5, 5.41) is 13.9. The van der Waals surface area contributed by atoms with Crippen LogP contribution in [0.2, 0.25) is 0 Å². The van der Waals surface area contributed by atoms with Crippen LogP contribution in [0, 0.1) is 6.92 Å². The molecule has 0 saturated heterocycles. The van der Waals surface area contributed by atoms with Gasteiger partial charge in [-0.05, 0) is 50.7 Å². The highest BCUT2D eigenvalue weighted by Gasteiger charge is 2.19. The van der Waals surface area contributed by atoms with Gasteiger partial charge in [-0.1, -0.05) is 13.0 Å². The van der Waals surface area contributed by atoms with Gasteiger partial charge >= 0.3 is 0 Å². The second-order valence-electron chi connectivity index (χ2n) is 5.45. The lowest BCUT2D eigenvalue weighted by atomic mass is 9.98. The number of nitrogens with zero attached hydrogens (tertiary/aromatic N) is 1. The van der Waals surface area contributed by atoms with Gasteiger partial charge in [0.2, 0.25) is 0 Å². The number of aryl methyl sites for hydroxylation is 1. The molecule has 0 aliphatic heterocycles. The average Bonchev–Trinajstić information content (AvgIpc) is 2.42. The van der Waals surface area contributed by atoms with E-state index in [0.717, 1.165) is 36.4 Å². The molecule has 0 radical (unpaired) electrons. The summed E-state index contributed by atoms with van der Waals surface area (Å²) in [6.45, 7) is 5.92. The van der Waals surface area contributed by atoms with Crippen LogP contribution in [-0.4, -0.2) is 50.3 Å². The molecule has 0 amide bonds. The highest BCUT2D eigenvalue weighted by atomic mass is 16.5. The van der Waals surface area contributed by atoms with E-state index < -0.39 is 6.10 Å². The fourth-order valence-electron chi connectivity index (χ4n) is 2.27. The van der Waals surface area contributed by atoms with Crippen molar-refractivity contribution in [2.24, 2.45) is 0 Å². The predicted molar refractivity (Wildman–Crippen MR) is 83.3 cm³/mol. The van der Waals surface area contributed by atoms with Gasteiger partial charge in [0.25, 0.3) is 0 Å². The molecule has 2 unspecified atom stereocenters. The van der Waals surface area contributed by atoms with Crippen molar-refractivity contribution in [1.29, 1.82) is 0 Å². The smallest absolute Gasteiger partial charge is 0.121 e. The number of aliphatic hydroxyl groups is 1. The Kier molecular flexibility index (Phi) is 6.99. The van der Waals surface area contributed by atoms with Crippen LogP contribution in [0.4, 0.5) is 0 Å². The molecular weight excluding hydrogens is 252 g/mol. The maximum atomic E-state index is 10.5. The van der Waals surface area contributed by atoms with Crippen LogP contribution < -0.4 is 10.1 Å². The van der Waals surface area contributed by atoms with E-state index >= 15 is 0 Å². The van der Waals surface area contributed by atoms with Gasteiger partial charge in [-0.15, -0.1) is 0 Å². The lowest BCUT2D eigenvalue weighted by Gasteiger charge is -2.24. The zero-order chi connectivity index (χ0) is 15.1. The Morgan fingerprint density at radius 1 is 1.35 bits per heavy atom. The Balaban J connectivity index is 2.70. The van der Waals surface area contributed by atoms with Gasteiger partial charge in [0, 0.05) is 19.1 Å². The Morgan fingerprint density at radius 2 is 2.05 bits per heavy atom. The largest absolute Gasteiger partial charge is 0.496 e. The number of rotatable bonds is 8. The molecule has 4 nitrogen and oxygen atoms in total. The minimum atomic E-state index is -0.494. The van der Waals surface area contributed by atoms with Gasteiger partial charge in [-0.25, -0.2) is 0 Å². The van der Waals surface area contributed by atoms with Crippen LogP contribution in [0.3, 0.4) is 0 Å². The highest BCUT2D eigenvalue weighted by Crippen LogP contribution is 2.25. The summed E-state index contributed by atoms with van der Waals surface area (Å²) in [5.74, 6) is 0.856. The van der Waals surface area contributed by atoms with E-state index in [1.54, 1.807) is 7.11 Å². The van der Waals surface area contributed by atoms with Gasteiger partial charge in [0.05, 0.1) is 13.2 Å². The minimum absolute atomic E-state index is 0.0720. The van der Waals surface area contributed by atoms with Crippen LogP contribution in [-0.2, 0) is 0 Å². The van der Waals surface area contributed by atoms with Gasteiger partial charge in [-0.2, -0.15) is 0 Å². The summed E-state index contributed by atoms with van der Waals surface area (Å²) in [7, 11) is 5.76. The molecule has 2 atom stereocenters. The van der Waals surface area contributed by atoms with Gasteiger partial charge in [-0.3, -0.25) is 0 Å². The molecule has 2 N–H and O–H groups in total. The Morgan fingerprint density at radius 3 is 2.55 bits per heavy atom. The second-order valence-corrected chi connectivity index (χ2v) is 5.45. The molecule has 0 spiro atoms. The molecule has 0 aromatic heterocycles. The van der Waals surface area contributed by atoms with Crippen molar-refractivity contribution < 1.29 is 9.84 Å². The molecule has 0 heterocycles. The van der Waals surface area contributed by atoms with Crippen LogP contribution >= 0.6 is 0 Å².